The van der Waals surface area contributed by atoms with E-state index in [0.717, 1.165) is 18.6 Å². The van der Waals surface area contributed by atoms with E-state index in [9.17, 15) is 23.1 Å². The van der Waals surface area contributed by atoms with E-state index >= 15 is 0 Å². The Kier molecular flexibility index (Phi) is 4.68. The number of amides is 2. The highest BCUT2D eigenvalue weighted by molar-refractivity contribution is 8.00. The molecule has 2 fully saturated rings. The summed E-state index contributed by atoms with van der Waals surface area (Å²) >= 11 is 1.81. The second-order valence-corrected chi connectivity index (χ2v) is 7.76. The molecule has 2 aliphatic heterocycles. The number of nitrogens with one attached hydrogen (secondary N) is 1. The van der Waals surface area contributed by atoms with E-state index in [4.69, 9.17) is 0 Å². The first kappa shape index (κ1) is 16.7. The van der Waals surface area contributed by atoms with Gasteiger partial charge in [-0.15, -0.1) is 0 Å². The molecule has 2 N–H and O–H groups in total. The molecule has 2 heterocycles. The largest absolute Gasteiger partial charge is 0.417 e. The number of carbonyl (C=O) groups is 1. The topological polar surface area (TPSA) is 52.6 Å². The maximum atomic E-state index is 12.7. The molecule has 1 atom stereocenters. The van der Waals surface area contributed by atoms with E-state index in [1.165, 1.54) is 4.90 Å². The van der Waals surface area contributed by atoms with Gasteiger partial charge < -0.3 is 15.3 Å². The van der Waals surface area contributed by atoms with Crippen molar-refractivity contribution in [1.82, 2.24) is 10.2 Å². The summed E-state index contributed by atoms with van der Waals surface area (Å²) in [5.74, 6) is 1.08. The molecular weight excluding hydrogens is 305 g/mol. The number of aliphatic hydroxyl groups is 1. The van der Waals surface area contributed by atoms with Gasteiger partial charge in [0.05, 0.1) is 0 Å². The molecule has 4 nitrogen and oxygen atoms in total. The number of hydrogen-bond acceptors (Lipinski definition) is 3. The first-order chi connectivity index (χ1) is 9.65. The summed E-state index contributed by atoms with van der Waals surface area (Å²) in [6.07, 6.45) is -3.40. The normalized spacial score (nSPS) is 29.5. The van der Waals surface area contributed by atoms with Crippen LogP contribution in [0.1, 0.15) is 32.6 Å². The Morgan fingerprint density at radius 2 is 1.95 bits per heavy atom. The van der Waals surface area contributed by atoms with Gasteiger partial charge in [-0.25, -0.2) is 4.79 Å². The number of piperidine rings is 1. The fraction of sp³-hybridized carbons (Fsp3) is 0.923. The van der Waals surface area contributed by atoms with Crippen molar-refractivity contribution in [1.29, 1.82) is 0 Å². The Labute approximate surface area is 126 Å². The van der Waals surface area contributed by atoms with Gasteiger partial charge in [-0.1, -0.05) is 0 Å². The summed E-state index contributed by atoms with van der Waals surface area (Å²) < 4.78 is 38.1. The van der Waals surface area contributed by atoms with E-state index in [1.807, 2.05) is 11.8 Å². The molecule has 2 rings (SSSR count). The van der Waals surface area contributed by atoms with Gasteiger partial charge in [-0.3, -0.25) is 0 Å². The minimum Gasteiger partial charge on any atom is -0.380 e. The number of halogens is 3. The summed E-state index contributed by atoms with van der Waals surface area (Å²) in [5, 5.41) is 12.4. The van der Waals surface area contributed by atoms with Gasteiger partial charge in [-0.05, 0) is 25.5 Å². The Morgan fingerprint density at radius 1 is 1.33 bits per heavy atom. The van der Waals surface area contributed by atoms with Crippen LogP contribution < -0.4 is 5.32 Å². The zero-order valence-electron chi connectivity index (χ0n) is 12.0. The third-order valence-corrected chi connectivity index (χ3v) is 5.86. The first-order valence-electron chi connectivity index (χ1n) is 7.11. The molecule has 0 aromatic carbocycles. The highest BCUT2D eigenvalue weighted by atomic mass is 32.2. The van der Waals surface area contributed by atoms with Crippen molar-refractivity contribution in [3.63, 3.8) is 0 Å². The molecular formula is C13H21F3N2O2S. The van der Waals surface area contributed by atoms with Crippen LogP contribution in [0.25, 0.3) is 0 Å². The van der Waals surface area contributed by atoms with Crippen molar-refractivity contribution in [2.24, 2.45) is 0 Å². The standard InChI is InChI=1S/C13H21F3N2O2S/c1-11(3-2-8-21-11)9-17-10(19)18-6-4-12(20,5-7-18)13(14,15)16/h20H,2-9H2,1H3,(H,17,19). The van der Waals surface area contributed by atoms with E-state index < -0.39 is 24.6 Å². The van der Waals surface area contributed by atoms with Crippen molar-refractivity contribution in [3.8, 4) is 0 Å². The highest BCUT2D eigenvalue weighted by Crippen LogP contribution is 2.39. The quantitative estimate of drug-likeness (QED) is 0.819. The molecule has 8 heteroatoms. The zero-order valence-corrected chi connectivity index (χ0v) is 12.8. The lowest BCUT2D eigenvalue weighted by Gasteiger charge is -2.39. The van der Waals surface area contributed by atoms with Crippen LogP contribution in [-0.2, 0) is 0 Å². The fourth-order valence-corrected chi connectivity index (χ4v) is 3.96. The summed E-state index contributed by atoms with van der Waals surface area (Å²) in [6.45, 7) is 2.46. The summed E-state index contributed by atoms with van der Waals surface area (Å²) in [4.78, 5) is 13.4. The Morgan fingerprint density at radius 3 is 2.43 bits per heavy atom. The van der Waals surface area contributed by atoms with Gasteiger partial charge in [0.2, 0.25) is 0 Å². The number of urea groups is 1. The van der Waals surface area contributed by atoms with E-state index in [0.29, 0.717) is 6.54 Å². The molecule has 21 heavy (non-hydrogen) atoms. The van der Waals surface area contributed by atoms with Crippen molar-refractivity contribution in [2.45, 2.75) is 49.1 Å². The molecule has 1 unspecified atom stereocenters. The number of nitrogens with zero attached hydrogens (tertiary/aromatic N) is 1. The Balaban J connectivity index is 1.81. The Bertz CT molecular complexity index is 389. The number of alkyl halides is 3. The van der Waals surface area contributed by atoms with Crippen LogP contribution in [-0.4, -0.2) is 57.9 Å². The molecule has 0 bridgehead atoms. The SMILES string of the molecule is CC1(CNC(=O)N2CCC(O)(C(F)(F)F)CC2)CCCS1. The first-order valence-corrected chi connectivity index (χ1v) is 8.10. The van der Waals surface area contributed by atoms with Crippen LogP contribution in [0.4, 0.5) is 18.0 Å². The van der Waals surface area contributed by atoms with Crippen LogP contribution in [0.3, 0.4) is 0 Å². The molecule has 0 radical (unpaired) electrons. The predicted octanol–water partition coefficient (Wildman–Crippen LogP) is 2.37. The zero-order chi connectivity index (χ0) is 15.7. The molecule has 2 aliphatic rings. The van der Waals surface area contributed by atoms with Gasteiger partial charge in [0.25, 0.3) is 0 Å². The lowest BCUT2D eigenvalue weighted by molar-refractivity contribution is -0.271. The summed E-state index contributed by atoms with van der Waals surface area (Å²) in [7, 11) is 0. The van der Waals surface area contributed by atoms with Crippen molar-refractivity contribution in [3.05, 3.63) is 0 Å². The van der Waals surface area contributed by atoms with Crippen LogP contribution in [0.5, 0.6) is 0 Å². The summed E-state index contributed by atoms with van der Waals surface area (Å²) in [5.41, 5.74) is -2.66. The second-order valence-electron chi connectivity index (χ2n) is 6.08. The molecule has 0 aromatic rings. The monoisotopic (exact) mass is 326 g/mol. The highest BCUT2D eigenvalue weighted by Gasteiger charge is 2.54. The van der Waals surface area contributed by atoms with Gasteiger partial charge in [-0.2, -0.15) is 24.9 Å². The molecule has 2 amide bonds. The third kappa shape index (κ3) is 3.77. The van der Waals surface area contributed by atoms with Crippen LogP contribution in [0.15, 0.2) is 0 Å². The van der Waals surface area contributed by atoms with Crippen molar-refractivity contribution >= 4 is 17.8 Å². The molecule has 0 aromatic heterocycles. The molecule has 0 aliphatic carbocycles. The van der Waals surface area contributed by atoms with Crippen LogP contribution in [0, 0.1) is 0 Å². The predicted molar refractivity (Wildman–Crippen MR) is 75.3 cm³/mol. The van der Waals surface area contributed by atoms with Crippen LogP contribution in [0.2, 0.25) is 0 Å². The minimum atomic E-state index is -4.64. The van der Waals surface area contributed by atoms with Crippen molar-refractivity contribution in [2.75, 3.05) is 25.4 Å². The van der Waals surface area contributed by atoms with Crippen LogP contribution >= 0.6 is 11.8 Å². The van der Waals surface area contributed by atoms with E-state index in [1.54, 1.807) is 0 Å². The third-order valence-electron chi connectivity index (χ3n) is 4.32. The lowest BCUT2D eigenvalue weighted by Crippen LogP contribution is -2.56. The number of rotatable bonds is 2. The van der Waals surface area contributed by atoms with Crippen molar-refractivity contribution < 1.29 is 23.1 Å². The fourth-order valence-electron chi connectivity index (χ4n) is 2.71. The number of carbonyl (C=O) groups excluding carboxylic acids is 1. The maximum Gasteiger partial charge on any atom is 0.417 e. The average molecular weight is 326 g/mol. The average Bonchev–Trinajstić information content (AvgIpc) is 2.83. The molecule has 122 valence electrons. The van der Waals surface area contributed by atoms with Gasteiger partial charge >= 0.3 is 12.2 Å². The van der Waals surface area contributed by atoms with Gasteiger partial charge in [0, 0.05) is 37.2 Å². The summed E-state index contributed by atoms with van der Waals surface area (Å²) in [6, 6.07) is -0.340. The minimum absolute atomic E-state index is 0.0259. The molecule has 0 spiro atoms. The van der Waals surface area contributed by atoms with E-state index in [-0.39, 0.29) is 23.9 Å². The maximum absolute atomic E-state index is 12.7. The second kappa shape index (κ2) is 5.87. The molecule has 2 saturated heterocycles. The number of hydrogen-bond donors (Lipinski definition) is 2. The Hall–Kier alpha value is -0.630. The van der Waals surface area contributed by atoms with Gasteiger partial charge in [0.15, 0.2) is 5.60 Å². The van der Waals surface area contributed by atoms with Gasteiger partial charge in [0.1, 0.15) is 0 Å². The number of thioether (sulfide) groups is 1. The number of likely N-dealkylation sites (tertiary alicyclic amines) is 1. The lowest BCUT2D eigenvalue weighted by atomic mass is 9.91. The molecule has 0 saturated carbocycles. The van der Waals surface area contributed by atoms with E-state index in [2.05, 4.69) is 12.2 Å². The smallest absolute Gasteiger partial charge is 0.380 e.